The van der Waals surface area contributed by atoms with Gasteiger partial charge in [-0.15, -0.1) is 0 Å². The summed E-state index contributed by atoms with van der Waals surface area (Å²) in [5.41, 5.74) is 2.68. The smallest absolute Gasteiger partial charge is 0.187 e. The van der Waals surface area contributed by atoms with Crippen LogP contribution >= 0.6 is 0 Å². The van der Waals surface area contributed by atoms with Crippen LogP contribution in [-0.2, 0) is 21.3 Å². The summed E-state index contributed by atoms with van der Waals surface area (Å²) >= 11 is 0. The van der Waals surface area contributed by atoms with E-state index < -0.39 is 30.7 Å². The molecule has 7 nitrogen and oxygen atoms in total. The number of aliphatic hydroxyl groups is 3. The predicted octanol–water partition coefficient (Wildman–Crippen LogP) is 0.226. The van der Waals surface area contributed by atoms with Crippen molar-refractivity contribution in [3.8, 4) is 5.75 Å². The second-order valence-electron chi connectivity index (χ2n) is 9.42. The third-order valence-corrected chi connectivity index (χ3v) is 8.09. The third-order valence-electron chi connectivity index (χ3n) is 8.09. The standard InChI is InChI=1S/C22H29NO6/c1-10-17(24)18(25)19(26)21(27-10)29-15-6-5-12-13-9-11-3-2-4-14-16(11)22(12,7-8-23-13)20(15)28-14/h2-4,10,12-13,15,17-21,23-26H,5-9H2,1H3/t10-,12+,13-,15?,17-,18+,19-,20?,21+,22+/m1/s1. The molecule has 10 atom stereocenters. The molecule has 0 radical (unpaired) electrons. The summed E-state index contributed by atoms with van der Waals surface area (Å²) < 4.78 is 18.6. The Morgan fingerprint density at radius 2 is 2.00 bits per heavy atom. The van der Waals surface area contributed by atoms with Gasteiger partial charge in [-0.1, -0.05) is 12.1 Å². The molecule has 2 aliphatic carbocycles. The molecule has 1 aromatic carbocycles. The number of piperidine rings is 1. The summed E-state index contributed by atoms with van der Waals surface area (Å²) in [5, 5.41) is 34.3. The van der Waals surface area contributed by atoms with Gasteiger partial charge in [-0.2, -0.15) is 0 Å². The summed E-state index contributed by atoms with van der Waals surface area (Å²) in [6.07, 6.45) is -1.76. The zero-order valence-corrected chi connectivity index (χ0v) is 16.5. The maximum Gasteiger partial charge on any atom is 0.187 e. The predicted molar refractivity (Wildman–Crippen MR) is 103 cm³/mol. The van der Waals surface area contributed by atoms with Gasteiger partial charge in [0.1, 0.15) is 30.2 Å². The zero-order valence-electron chi connectivity index (χ0n) is 16.5. The Morgan fingerprint density at radius 3 is 2.86 bits per heavy atom. The second kappa shape index (κ2) is 6.39. The topological polar surface area (TPSA) is 100 Å². The lowest BCUT2D eigenvalue weighted by Gasteiger charge is -2.57. The molecule has 158 valence electrons. The third kappa shape index (κ3) is 2.40. The van der Waals surface area contributed by atoms with Crippen LogP contribution in [0.1, 0.15) is 37.3 Å². The van der Waals surface area contributed by atoms with Gasteiger partial charge in [-0.25, -0.2) is 0 Å². The van der Waals surface area contributed by atoms with Gasteiger partial charge in [-0.3, -0.25) is 0 Å². The highest BCUT2D eigenvalue weighted by molar-refractivity contribution is 5.55. The Balaban J connectivity index is 1.34. The summed E-state index contributed by atoms with van der Waals surface area (Å²) in [5.74, 6) is 1.49. The Labute approximate surface area is 170 Å². The molecular formula is C22H29NO6. The molecule has 3 heterocycles. The van der Waals surface area contributed by atoms with E-state index in [1.807, 2.05) is 0 Å². The number of hydrogen-bond donors (Lipinski definition) is 4. The van der Waals surface area contributed by atoms with E-state index in [2.05, 4.69) is 23.5 Å². The molecule has 3 fully saturated rings. The van der Waals surface area contributed by atoms with Gasteiger partial charge in [0.25, 0.3) is 0 Å². The molecule has 2 saturated heterocycles. The highest BCUT2D eigenvalue weighted by Gasteiger charge is 2.64. The van der Waals surface area contributed by atoms with E-state index in [1.54, 1.807) is 6.92 Å². The number of benzene rings is 1. The lowest BCUT2D eigenvalue weighted by atomic mass is 9.52. The van der Waals surface area contributed by atoms with Crippen molar-refractivity contribution in [3.63, 3.8) is 0 Å². The minimum Gasteiger partial charge on any atom is -0.486 e. The van der Waals surface area contributed by atoms with E-state index in [-0.39, 0.29) is 17.6 Å². The van der Waals surface area contributed by atoms with Crippen molar-refractivity contribution in [3.05, 3.63) is 29.3 Å². The zero-order chi connectivity index (χ0) is 19.9. The number of ether oxygens (including phenoxy) is 3. The van der Waals surface area contributed by atoms with Gasteiger partial charge in [0.2, 0.25) is 0 Å². The van der Waals surface area contributed by atoms with E-state index in [0.717, 1.165) is 38.0 Å². The lowest BCUT2D eigenvalue weighted by molar-refractivity contribution is -0.314. The average molecular weight is 403 g/mol. The van der Waals surface area contributed by atoms with Gasteiger partial charge in [0.15, 0.2) is 6.29 Å². The van der Waals surface area contributed by atoms with Crippen LogP contribution in [0, 0.1) is 5.92 Å². The quantitative estimate of drug-likeness (QED) is 0.561. The maximum atomic E-state index is 10.4. The molecule has 29 heavy (non-hydrogen) atoms. The van der Waals surface area contributed by atoms with E-state index >= 15 is 0 Å². The van der Waals surface area contributed by atoms with E-state index in [0.29, 0.717) is 12.0 Å². The Kier molecular flexibility index (Phi) is 4.08. The van der Waals surface area contributed by atoms with Gasteiger partial charge in [0.05, 0.1) is 12.2 Å². The van der Waals surface area contributed by atoms with Crippen LogP contribution in [0.15, 0.2) is 18.2 Å². The van der Waals surface area contributed by atoms with E-state index in [1.165, 1.54) is 11.1 Å². The molecule has 1 aromatic rings. The van der Waals surface area contributed by atoms with Crippen LogP contribution in [0.3, 0.4) is 0 Å². The fourth-order valence-electron chi connectivity index (χ4n) is 6.82. The van der Waals surface area contributed by atoms with Crippen molar-refractivity contribution in [2.24, 2.45) is 5.92 Å². The monoisotopic (exact) mass is 403 g/mol. The molecule has 4 N–H and O–H groups in total. The Morgan fingerprint density at radius 1 is 1.14 bits per heavy atom. The largest absolute Gasteiger partial charge is 0.486 e. The van der Waals surface area contributed by atoms with Crippen LogP contribution in [-0.4, -0.2) is 70.8 Å². The minimum atomic E-state index is -1.29. The summed E-state index contributed by atoms with van der Waals surface area (Å²) in [4.78, 5) is 0. The first-order chi connectivity index (χ1) is 14.0. The van der Waals surface area contributed by atoms with Crippen LogP contribution in [0.5, 0.6) is 5.75 Å². The number of aliphatic hydroxyl groups excluding tert-OH is 3. The van der Waals surface area contributed by atoms with Gasteiger partial charge in [0, 0.05) is 17.0 Å². The van der Waals surface area contributed by atoms with Crippen LogP contribution < -0.4 is 10.1 Å². The summed E-state index contributed by atoms with van der Waals surface area (Å²) in [6, 6.07) is 6.82. The van der Waals surface area contributed by atoms with Crippen molar-refractivity contribution in [2.45, 2.75) is 87.0 Å². The first kappa shape index (κ1) is 18.5. The molecule has 6 rings (SSSR count). The van der Waals surface area contributed by atoms with Gasteiger partial charge >= 0.3 is 0 Å². The molecule has 7 heteroatoms. The number of rotatable bonds is 2. The van der Waals surface area contributed by atoms with Gasteiger partial charge in [-0.05, 0) is 56.7 Å². The van der Waals surface area contributed by atoms with Crippen molar-refractivity contribution in [2.75, 3.05) is 6.54 Å². The highest BCUT2D eigenvalue weighted by Crippen LogP contribution is 2.61. The van der Waals surface area contributed by atoms with Crippen molar-refractivity contribution < 1.29 is 29.5 Å². The first-order valence-electron chi connectivity index (χ1n) is 10.9. The molecule has 1 spiro atoms. The second-order valence-corrected chi connectivity index (χ2v) is 9.42. The molecule has 3 aliphatic heterocycles. The Hall–Kier alpha value is -1.22. The maximum absolute atomic E-state index is 10.4. The van der Waals surface area contributed by atoms with Gasteiger partial charge < -0.3 is 34.8 Å². The summed E-state index contributed by atoms with van der Waals surface area (Å²) in [7, 11) is 0. The fourth-order valence-corrected chi connectivity index (χ4v) is 6.82. The molecule has 0 amide bonds. The fraction of sp³-hybridized carbons (Fsp3) is 0.727. The molecule has 1 saturated carbocycles. The number of hydrogen-bond acceptors (Lipinski definition) is 7. The highest BCUT2D eigenvalue weighted by atomic mass is 16.7. The molecule has 2 unspecified atom stereocenters. The van der Waals surface area contributed by atoms with Crippen molar-refractivity contribution >= 4 is 0 Å². The number of nitrogens with one attached hydrogen (secondary N) is 1. The van der Waals surface area contributed by atoms with Crippen molar-refractivity contribution in [1.82, 2.24) is 5.32 Å². The Bertz CT molecular complexity index is 818. The molecule has 0 aromatic heterocycles. The van der Waals surface area contributed by atoms with Crippen molar-refractivity contribution in [1.29, 1.82) is 0 Å². The first-order valence-corrected chi connectivity index (χ1v) is 10.9. The lowest BCUT2D eigenvalue weighted by Crippen LogP contribution is -2.67. The van der Waals surface area contributed by atoms with Crippen LogP contribution in [0.4, 0.5) is 0 Å². The minimum absolute atomic E-state index is 0.0631. The molecule has 2 bridgehead atoms. The molecule has 5 aliphatic rings. The van der Waals surface area contributed by atoms with E-state index in [4.69, 9.17) is 14.2 Å². The average Bonchev–Trinajstić information content (AvgIpc) is 3.05. The molecular weight excluding hydrogens is 374 g/mol. The normalized spacial score (nSPS) is 50.0. The SMILES string of the molecule is C[C@H]1O[C@@H](OC2CC[C@H]3[C@H]4Cc5cccc6c5[C@@]3(CCN4)C2O6)[C@H](O)[C@@H](O)[C@@H]1O. The van der Waals surface area contributed by atoms with E-state index in [9.17, 15) is 15.3 Å². The van der Waals surface area contributed by atoms with Crippen LogP contribution in [0.25, 0.3) is 0 Å². The van der Waals surface area contributed by atoms with Crippen LogP contribution in [0.2, 0.25) is 0 Å². The summed E-state index contributed by atoms with van der Waals surface area (Å²) in [6.45, 7) is 2.64.